The van der Waals surface area contributed by atoms with Crippen LogP contribution in [0.3, 0.4) is 0 Å². The molecule has 0 radical (unpaired) electrons. The Balaban J connectivity index is 1.44. The van der Waals surface area contributed by atoms with Crippen molar-refractivity contribution in [2.45, 2.75) is 57.4 Å². The molecule has 0 aromatic heterocycles. The molecule has 5 rings (SSSR count). The largest absolute Gasteiger partial charge is 0.344 e. The monoisotopic (exact) mass is 276 g/mol. The Morgan fingerprint density at radius 3 is 2.25 bits per heavy atom. The second-order valence-electron chi connectivity index (χ2n) is 8.26. The third-order valence-electron chi connectivity index (χ3n) is 6.47. The molecule has 4 aliphatic carbocycles. The summed E-state index contributed by atoms with van der Waals surface area (Å²) in [6, 6.07) is 0.105. The van der Waals surface area contributed by atoms with Crippen LogP contribution < -0.4 is 5.32 Å². The third-order valence-corrected chi connectivity index (χ3v) is 6.47. The highest BCUT2D eigenvalue weighted by atomic mass is 16.2. The fraction of sp³-hybridized carbons (Fsp3) is 0.941. The van der Waals surface area contributed by atoms with Gasteiger partial charge in [-0.25, -0.2) is 0 Å². The second kappa shape index (κ2) is 4.72. The molecule has 1 N–H and O–H groups in total. The Labute approximate surface area is 122 Å². The van der Waals surface area contributed by atoms with E-state index in [1.165, 1.54) is 38.5 Å². The fourth-order valence-electron chi connectivity index (χ4n) is 6.23. The molecule has 3 heteroatoms. The van der Waals surface area contributed by atoms with Crippen molar-refractivity contribution in [2.75, 3.05) is 20.1 Å². The number of hydrogen-bond acceptors (Lipinski definition) is 2. The number of carbonyl (C=O) groups is 1. The van der Waals surface area contributed by atoms with Crippen molar-refractivity contribution in [3.63, 3.8) is 0 Å². The Bertz CT molecular complexity index is 365. The highest BCUT2D eigenvalue weighted by Crippen LogP contribution is 2.60. The zero-order valence-corrected chi connectivity index (χ0v) is 12.7. The number of nitrogens with zero attached hydrogens (tertiary/aromatic N) is 1. The molecular formula is C17H28N2O. The summed E-state index contributed by atoms with van der Waals surface area (Å²) < 4.78 is 0. The highest BCUT2D eigenvalue weighted by Gasteiger charge is 2.51. The van der Waals surface area contributed by atoms with Crippen LogP contribution in [-0.4, -0.2) is 37.0 Å². The maximum atomic E-state index is 12.5. The van der Waals surface area contributed by atoms with Crippen LogP contribution in [0.1, 0.15) is 51.4 Å². The first-order chi connectivity index (χ1) is 9.63. The standard InChI is InChI=1S/C17H28N2O/c1-19(16(20)15-3-2-4-18-15)11-17-8-12-5-13(9-17)7-14(6-12)10-17/h12-15,18H,2-11H2,1H3/t12?,13?,14?,15-,17?/m0/s1. The minimum absolute atomic E-state index is 0.105. The first-order valence-electron chi connectivity index (χ1n) is 8.62. The maximum absolute atomic E-state index is 12.5. The normalized spacial score (nSPS) is 45.9. The van der Waals surface area contributed by atoms with Crippen LogP contribution in [0, 0.1) is 23.2 Å². The van der Waals surface area contributed by atoms with Crippen LogP contribution in [0.15, 0.2) is 0 Å². The van der Waals surface area contributed by atoms with Gasteiger partial charge in [0.2, 0.25) is 5.91 Å². The summed E-state index contributed by atoms with van der Waals surface area (Å²) >= 11 is 0. The SMILES string of the molecule is CN(CC12CC3CC(CC(C3)C1)C2)C(=O)[C@@H]1CCCN1. The van der Waals surface area contributed by atoms with E-state index in [2.05, 4.69) is 10.2 Å². The predicted molar refractivity (Wildman–Crippen MR) is 79.3 cm³/mol. The van der Waals surface area contributed by atoms with E-state index in [-0.39, 0.29) is 6.04 Å². The lowest BCUT2D eigenvalue weighted by molar-refractivity contribution is -0.137. The number of nitrogens with one attached hydrogen (secondary N) is 1. The third kappa shape index (κ3) is 2.18. The molecule has 0 aromatic rings. The van der Waals surface area contributed by atoms with Crippen molar-refractivity contribution >= 4 is 5.91 Å². The van der Waals surface area contributed by atoms with Gasteiger partial charge in [0.1, 0.15) is 0 Å². The van der Waals surface area contributed by atoms with E-state index in [4.69, 9.17) is 0 Å². The van der Waals surface area contributed by atoms with Crippen LogP contribution in [0.25, 0.3) is 0 Å². The molecule has 4 saturated carbocycles. The van der Waals surface area contributed by atoms with Gasteiger partial charge in [-0.3, -0.25) is 4.79 Å². The molecule has 0 unspecified atom stereocenters. The number of likely N-dealkylation sites (N-methyl/N-ethyl adjacent to an activating group) is 1. The van der Waals surface area contributed by atoms with Crippen LogP contribution in [0.5, 0.6) is 0 Å². The Morgan fingerprint density at radius 1 is 1.15 bits per heavy atom. The molecule has 3 nitrogen and oxygen atoms in total. The zero-order chi connectivity index (χ0) is 13.7. The van der Waals surface area contributed by atoms with Gasteiger partial charge in [0.25, 0.3) is 0 Å². The maximum Gasteiger partial charge on any atom is 0.239 e. The molecule has 1 heterocycles. The number of rotatable bonds is 3. The van der Waals surface area contributed by atoms with E-state index in [0.717, 1.165) is 43.7 Å². The molecule has 5 fully saturated rings. The molecule has 20 heavy (non-hydrogen) atoms. The average Bonchev–Trinajstić information content (AvgIpc) is 2.89. The quantitative estimate of drug-likeness (QED) is 0.858. The van der Waals surface area contributed by atoms with Crippen molar-refractivity contribution < 1.29 is 4.79 Å². The van der Waals surface area contributed by atoms with Gasteiger partial charge in [-0.15, -0.1) is 0 Å². The highest BCUT2D eigenvalue weighted by molar-refractivity contribution is 5.82. The van der Waals surface area contributed by atoms with Crippen molar-refractivity contribution in [1.82, 2.24) is 10.2 Å². The van der Waals surface area contributed by atoms with E-state index in [9.17, 15) is 4.79 Å². The van der Waals surface area contributed by atoms with Crippen molar-refractivity contribution in [1.29, 1.82) is 0 Å². The van der Waals surface area contributed by atoms with E-state index >= 15 is 0 Å². The molecule has 1 atom stereocenters. The van der Waals surface area contributed by atoms with Gasteiger partial charge < -0.3 is 10.2 Å². The fourth-order valence-corrected chi connectivity index (χ4v) is 6.23. The molecule has 4 bridgehead atoms. The van der Waals surface area contributed by atoms with E-state index < -0.39 is 0 Å². The molecule has 5 aliphatic rings. The van der Waals surface area contributed by atoms with Gasteiger partial charge in [0.05, 0.1) is 6.04 Å². The van der Waals surface area contributed by atoms with Crippen LogP contribution in [0.2, 0.25) is 0 Å². The molecule has 1 aliphatic heterocycles. The van der Waals surface area contributed by atoms with Crippen LogP contribution in [-0.2, 0) is 4.79 Å². The number of carbonyl (C=O) groups excluding carboxylic acids is 1. The second-order valence-corrected chi connectivity index (χ2v) is 8.26. The molecular weight excluding hydrogens is 248 g/mol. The summed E-state index contributed by atoms with van der Waals surface area (Å²) in [4.78, 5) is 14.6. The first-order valence-corrected chi connectivity index (χ1v) is 8.62. The van der Waals surface area contributed by atoms with Crippen LogP contribution in [0.4, 0.5) is 0 Å². The van der Waals surface area contributed by atoms with Gasteiger partial charge in [0, 0.05) is 13.6 Å². The minimum atomic E-state index is 0.105. The summed E-state index contributed by atoms with van der Waals surface area (Å²) in [6.45, 7) is 2.04. The first kappa shape index (κ1) is 13.1. The molecule has 0 spiro atoms. The van der Waals surface area contributed by atoms with Crippen molar-refractivity contribution in [2.24, 2.45) is 23.2 Å². The van der Waals surface area contributed by atoms with Crippen molar-refractivity contribution in [3.8, 4) is 0 Å². The molecule has 1 saturated heterocycles. The number of amides is 1. The van der Waals surface area contributed by atoms with Gasteiger partial charge in [0.15, 0.2) is 0 Å². The van der Waals surface area contributed by atoms with Gasteiger partial charge in [-0.05, 0) is 81.1 Å². The summed E-state index contributed by atoms with van der Waals surface area (Å²) in [6.07, 6.45) is 10.8. The van der Waals surface area contributed by atoms with Crippen LogP contribution >= 0.6 is 0 Å². The minimum Gasteiger partial charge on any atom is -0.344 e. The summed E-state index contributed by atoms with van der Waals surface area (Å²) in [5, 5.41) is 3.35. The predicted octanol–water partition coefficient (Wildman–Crippen LogP) is 2.41. The van der Waals surface area contributed by atoms with E-state index in [0.29, 0.717) is 11.3 Å². The van der Waals surface area contributed by atoms with Gasteiger partial charge in [-0.2, -0.15) is 0 Å². The Morgan fingerprint density at radius 2 is 1.75 bits per heavy atom. The summed E-state index contributed by atoms with van der Waals surface area (Å²) in [7, 11) is 2.04. The lowest BCUT2D eigenvalue weighted by Gasteiger charge is -2.57. The van der Waals surface area contributed by atoms with E-state index in [1.807, 2.05) is 7.05 Å². The number of hydrogen-bond donors (Lipinski definition) is 1. The molecule has 112 valence electrons. The van der Waals surface area contributed by atoms with Crippen molar-refractivity contribution in [3.05, 3.63) is 0 Å². The van der Waals surface area contributed by atoms with E-state index in [1.54, 1.807) is 0 Å². The average molecular weight is 276 g/mol. The summed E-state index contributed by atoms with van der Waals surface area (Å²) in [5.74, 6) is 3.29. The molecule has 1 amide bonds. The van der Waals surface area contributed by atoms with Gasteiger partial charge in [-0.1, -0.05) is 0 Å². The molecule has 0 aromatic carbocycles. The van der Waals surface area contributed by atoms with Gasteiger partial charge >= 0.3 is 0 Å². The lowest BCUT2D eigenvalue weighted by atomic mass is 9.49. The Hall–Kier alpha value is -0.570. The summed E-state index contributed by atoms with van der Waals surface area (Å²) in [5.41, 5.74) is 0.484. The zero-order valence-electron chi connectivity index (χ0n) is 12.7. The smallest absolute Gasteiger partial charge is 0.239 e. The topological polar surface area (TPSA) is 32.3 Å². The lowest BCUT2D eigenvalue weighted by Crippen LogP contribution is -2.53. The Kier molecular flexibility index (Phi) is 3.10.